The van der Waals surface area contributed by atoms with Gasteiger partial charge in [-0.1, -0.05) is 11.6 Å². The molecule has 0 aliphatic heterocycles. The number of hydrogen-bond donors (Lipinski definition) is 1. The van der Waals surface area contributed by atoms with Gasteiger partial charge in [0.2, 0.25) is 0 Å². The summed E-state index contributed by atoms with van der Waals surface area (Å²) in [6.45, 7) is 1.68. The van der Waals surface area contributed by atoms with Crippen molar-refractivity contribution >= 4 is 17.5 Å². The van der Waals surface area contributed by atoms with Gasteiger partial charge in [-0.2, -0.15) is 0 Å². The van der Waals surface area contributed by atoms with Gasteiger partial charge in [-0.05, 0) is 19.1 Å². The number of aliphatic hydroxyl groups excluding tert-OH is 1. The van der Waals surface area contributed by atoms with Gasteiger partial charge in [0.15, 0.2) is 0 Å². The van der Waals surface area contributed by atoms with Gasteiger partial charge >= 0.3 is 0 Å². The van der Waals surface area contributed by atoms with Crippen molar-refractivity contribution in [1.82, 2.24) is 9.88 Å². The Bertz CT molecular complexity index is 340. The average Bonchev–Trinajstić information content (AvgIpc) is 2.27. The Morgan fingerprint density at radius 1 is 1.67 bits per heavy atom. The van der Waals surface area contributed by atoms with Crippen molar-refractivity contribution in [3.8, 4) is 0 Å². The second-order valence-corrected chi connectivity index (χ2v) is 3.75. The maximum atomic E-state index is 11.8. The minimum Gasteiger partial charge on any atom is -0.394 e. The van der Waals surface area contributed by atoms with E-state index in [1.807, 2.05) is 0 Å². The van der Waals surface area contributed by atoms with Crippen LogP contribution in [0.25, 0.3) is 0 Å². The standard InChI is InChI=1S/C10H13ClN2O2/c1-7(6-14)13(2)10(15)9-4-3-8(11)5-12-9/h3-5,7,14H,6H2,1-2H3. The summed E-state index contributed by atoms with van der Waals surface area (Å²) in [6.07, 6.45) is 1.42. The largest absolute Gasteiger partial charge is 0.394 e. The van der Waals surface area contributed by atoms with E-state index in [2.05, 4.69) is 4.98 Å². The van der Waals surface area contributed by atoms with E-state index in [0.717, 1.165) is 0 Å². The third-order valence-electron chi connectivity index (χ3n) is 2.19. The van der Waals surface area contributed by atoms with Gasteiger partial charge < -0.3 is 10.0 Å². The molecule has 4 nitrogen and oxygen atoms in total. The normalized spacial score (nSPS) is 12.3. The predicted molar refractivity (Wildman–Crippen MR) is 57.9 cm³/mol. The van der Waals surface area contributed by atoms with Gasteiger partial charge in [-0.3, -0.25) is 4.79 Å². The van der Waals surface area contributed by atoms with Crippen molar-refractivity contribution in [2.45, 2.75) is 13.0 Å². The third-order valence-corrected chi connectivity index (χ3v) is 2.42. The number of halogens is 1. The van der Waals surface area contributed by atoms with Gasteiger partial charge in [0.05, 0.1) is 17.7 Å². The number of pyridine rings is 1. The lowest BCUT2D eigenvalue weighted by atomic mass is 10.2. The molecule has 1 unspecified atom stereocenters. The van der Waals surface area contributed by atoms with Gasteiger partial charge in [0, 0.05) is 13.2 Å². The van der Waals surface area contributed by atoms with Gasteiger partial charge in [0.25, 0.3) is 5.91 Å². The molecule has 1 rings (SSSR count). The lowest BCUT2D eigenvalue weighted by molar-refractivity contribution is 0.0676. The minimum atomic E-state index is -0.229. The summed E-state index contributed by atoms with van der Waals surface area (Å²) >= 11 is 5.66. The average molecular weight is 229 g/mol. The van der Waals surface area contributed by atoms with E-state index in [9.17, 15) is 4.79 Å². The highest BCUT2D eigenvalue weighted by molar-refractivity contribution is 6.30. The Labute approximate surface area is 93.5 Å². The Morgan fingerprint density at radius 2 is 2.33 bits per heavy atom. The summed E-state index contributed by atoms with van der Waals surface area (Å²) in [5, 5.41) is 9.40. The molecule has 1 amide bonds. The molecule has 0 aromatic carbocycles. The van der Waals surface area contributed by atoms with Crippen molar-refractivity contribution in [1.29, 1.82) is 0 Å². The van der Waals surface area contributed by atoms with Crippen LogP contribution in [0.1, 0.15) is 17.4 Å². The summed E-state index contributed by atoms with van der Waals surface area (Å²) in [4.78, 5) is 17.1. The minimum absolute atomic E-state index is 0.0736. The van der Waals surface area contributed by atoms with Crippen molar-refractivity contribution in [3.63, 3.8) is 0 Å². The van der Waals surface area contributed by atoms with E-state index in [1.54, 1.807) is 26.1 Å². The van der Waals surface area contributed by atoms with E-state index >= 15 is 0 Å². The fourth-order valence-electron chi connectivity index (χ4n) is 1.01. The van der Waals surface area contributed by atoms with Crippen LogP contribution in [-0.4, -0.2) is 40.6 Å². The van der Waals surface area contributed by atoms with E-state index in [0.29, 0.717) is 10.7 Å². The summed E-state index contributed by atoms with van der Waals surface area (Å²) in [5.74, 6) is -0.229. The molecule has 0 radical (unpaired) electrons. The fraction of sp³-hybridized carbons (Fsp3) is 0.400. The molecule has 5 heteroatoms. The molecule has 0 saturated heterocycles. The van der Waals surface area contributed by atoms with Gasteiger partial charge in [-0.25, -0.2) is 4.98 Å². The molecule has 1 heterocycles. The zero-order valence-electron chi connectivity index (χ0n) is 8.64. The smallest absolute Gasteiger partial charge is 0.272 e. The zero-order chi connectivity index (χ0) is 11.4. The molecule has 1 atom stereocenters. The van der Waals surface area contributed by atoms with Gasteiger partial charge in [-0.15, -0.1) is 0 Å². The molecule has 0 saturated carbocycles. The first-order chi connectivity index (χ1) is 7.06. The van der Waals surface area contributed by atoms with Crippen LogP contribution in [0, 0.1) is 0 Å². The van der Waals surface area contributed by atoms with Crippen molar-refractivity contribution < 1.29 is 9.90 Å². The van der Waals surface area contributed by atoms with Crippen molar-refractivity contribution in [3.05, 3.63) is 29.0 Å². The number of aliphatic hydroxyl groups is 1. The van der Waals surface area contributed by atoms with Crippen LogP contribution >= 0.6 is 11.6 Å². The molecule has 0 bridgehead atoms. The summed E-state index contributed by atoms with van der Waals surface area (Å²) in [6, 6.07) is 2.94. The first kappa shape index (κ1) is 11.9. The van der Waals surface area contributed by atoms with Crippen LogP contribution in [0.15, 0.2) is 18.3 Å². The molecule has 1 aromatic rings. The van der Waals surface area contributed by atoms with Crippen LogP contribution in [0.3, 0.4) is 0 Å². The first-order valence-corrected chi connectivity index (χ1v) is 4.93. The number of carbonyl (C=O) groups is 1. The van der Waals surface area contributed by atoms with E-state index < -0.39 is 0 Å². The number of likely N-dealkylation sites (N-methyl/N-ethyl adjacent to an activating group) is 1. The molecule has 0 spiro atoms. The summed E-state index contributed by atoms with van der Waals surface area (Å²) < 4.78 is 0. The zero-order valence-corrected chi connectivity index (χ0v) is 9.40. The number of carbonyl (C=O) groups excluding carboxylic acids is 1. The van der Waals surface area contributed by atoms with Crippen LogP contribution in [-0.2, 0) is 0 Å². The first-order valence-electron chi connectivity index (χ1n) is 4.56. The second kappa shape index (κ2) is 5.09. The number of rotatable bonds is 3. The van der Waals surface area contributed by atoms with E-state index in [-0.39, 0.29) is 18.6 Å². The lowest BCUT2D eigenvalue weighted by Gasteiger charge is -2.22. The van der Waals surface area contributed by atoms with Gasteiger partial charge in [0.1, 0.15) is 5.69 Å². The second-order valence-electron chi connectivity index (χ2n) is 3.31. The van der Waals surface area contributed by atoms with E-state index in [4.69, 9.17) is 16.7 Å². The molecule has 0 aliphatic rings. The fourth-order valence-corrected chi connectivity index (χ4v) is 1.12. The molecule has 82 valence electrons. The maximum Gasteiger partial charge on any atom is 0.272 e. The Morgan fingerprint density at radius 3 is 2.80 bits per heavy atom. The SMILES string of the molecule is CC(CO)N(C)C(=O)c1ccc(Cl)cn1. The molecule has 1 aromatic heterocycles. The van der Waals surface area contributed by atoms with Crippen LogP contribution < -0.4 is 0 Å². The number of nitrogens with zero attached hydrogens (tertiary/aromatic N) is 2. The van der Waals surface area contributed by atoms with Crippen LogP contribution in [0.2, 0.25) is 5.02 Å². The highest BCUT2D eigenvalue weighted by Gasteiger charge is 2.17. The highest BCUT2D eigenvalue weighted by atomic mass is 35.5. The highest BCUT2D eigenvalue weighted by Crippen LogP contribution is 2.08. The maximum absolute atomic E-state index is 11.8. The Balaban J connectivity index is 2.80. The molecular weight excluding hydrogens is 216 g/mol. The molecule has 0 fully saturated rings. The Kier molecular flexibility index (Phi) is 4.05. The van der Waals surface area contributed by atoms with Crippen LogP contribution in [0.4, 0.5) is 0 Å². The number of hydrogen-bond acceptors (Lipinski definition) is 3. The lowest BCUT2D eigenvalue weighted by Crippen LogP contribution is -2.37. The van der Waals surface area contributed by atoms with Crippen LogP contribution in [0.5, 0.6) is 0 Å². The topological polar surface area (TPSA) is 53.4 Å². The predicted octanol–water partition coefficient (Wildman–Crippen LogP) is 1.19. The molecule has 1 N–H and O–H groups in total. The Hall–Kier alpha value is -1.13. The quantitative estimate of drug-likeness (QED) is 0.846. The van der Waals surface area contributed by atoms with Crippen molar-refractivity contribution in [2.75, 3.05) is 13.7 Å². The number of amides is 1. The number of aromatic nitrogens is 1. The third kappa shape index (κ3) is 2.91. The monoisotopic (exact) mass is 228 g/mol. The summed E-state index contributed by atoms with van der Waals surface area (Å²) in [5.41, 5.74) is 0.321. The molecule has 0 aliphatic carbocycles. The molecular formula is C10H13ClN2O2. The summed E-state index contributed by atoms with van der Waals surface area (Å²) in [7, 11) is 1.62. The van der Waals surface area contributed by atoms with Crippen molar-refractivity contribution in [2.24, 2.45) is 0 Å². The molecule has 15 heavy (non-hydrogen) atoms. The van der Waals surface area contributed by atoms with E-state index in [1.165, 1.54) is 11.1 Å².